The number of hydrogen-bond donors (Lipinski definition) is 1. The van der Waals surface area contributed by atoms with Gasteiger partial charge in [-0.1, -0.05) is 53.1 Å². The van der Waals surface area contributed by atoms with Gasteiger partial charge in [-0.15, -0.1) is 0 Å². The van der Waals surface area contributed by atoms with Crippen molar-refractivity contribution in [1.29, 1.82) is 0 Å². The van der Waals surface area contributed by atoms with Crippen molar-refractivity contribution in [3.63, 3.8) is 0 Å². The SMILES string of the molecule is [2H]C(N1C[C@@](CC(C)C)(NC(=O)OC(C)(C)C)C1=O)([Si](C)(C)C)[Si](C)(C)C. The minimum absolute atomic E-state index is 0.123. The molecule has 2 amide bonds. The Kier molecular flexibility index (Phi) is 6.03. The van der Waals surface area contributed by atoms with Crippen LogP contribution in [-0.2, 0) is 9.53 Å². The van der Waals surface area contributed by atoms with Crippen molar-refractivity contribution in [2.75, 3.05) is 6.54 Å². The average Bonchev–Trinajstić information content (AvgIpc) is 2.37. The van der Waals surface area contributed by atoms with Crippen LogP contribution in [0.1, 0.15) is 42.4 Å². The summed E-state index contributed by atoms with van der Waals surface area (Å²) in [6.45, 7) is 22.9. The first kappa shape index (κ1) is 21.5. The highest BCUT2D eigenvalue weighted by atomic mass is 28.4. The Morgan fingerprint density at radius 2 is 1.69 bits per heavy atom. The van der Waals surface area contributed by atoms with E-state index in [4.69, 9.17) is 4.74 Å². The number of nitrogens with one attached hydrogen (secondary N) is 1. The molecule has 0 spiro atoms. The molecule has 0 bridgehead atoms. The number of β-lactam (4-membered cyclic amide) rings is 1. The van der Waals surface area contributed by atoms with Crippen LogP contribution in [0, 0.1) is 5.92 Å². The maximum Gasteiger partial charge on any atom is 0.408 e. The molecular weight excluding hydrogens is 360 g/mol. The Bertz CT molecular complexity index is 577. The smallest absolute Gasteiger partial charge is 0.408 e. The van der Waals surface area contributed by atoms with E-state index < -0.39 is 38.6 Å². The molecule has 1 heterocycles. The van der Waals surface area contributed by atoms with Gasteiger partial charge in [-0.3, -0.25) is 4.79 Å². The van der Waals surface area contributed by atoms with Gasteiger partial charge < -0.3 is 15.0 Å². The summed E-state index contributed by atoms with van der Waals surface area (Å²) in [6.07, 6.45) is -0.0116. The van der Waals surface area contributed by atoms with E-state index in [1.165, 1.54) is 0 Å². The van der Waals surface area contributed by atoms with Gasteiger partial charge in [0.25, 0.3) is 0 Å². The molecule has 7 heteroatoms. The lowest BCUT2D eigenvalue weighted by Gasteiger charge is -2.58. The van der Waals surface area contributed by atoms with E-state index in [9.17, 15) is 11.0 Å². The van der Waals surface area contributed by atoms with Crippen LogP contribution in [0.2, 0.25) is 39.3 Å². The molecule has 0 saturated carbocycles. The summed E-state index contributed by atoms with van der Waals surface area (Å²) in [5.74, 6) is 0.117. The van der Waals surface area contributed by atoms with E-state index in [2.05, 4.69) is 44.6 Å². The van der Waals surface area contributed by atoms with Gasteiger partial charge in [-0.2, -0.15) is 0 Å². The fraction of sp³-hybridized carbons (Fsp3) is 0.895. The first-order valence-corrected chi connectivity index (χ1v) is 16.6. The van der Waals surface area contributed by atoms with Crippen LogP contribution >= 0.6 is 0 Å². The number of rotatable bonds is 6. The molecule has 1 aliphatic heterocycles. The number of carbonyl (C=O) groups is 2. The van der Waals surface area contributed by atoms with Gasteiger partial charge in [0.1, 0.15) is 11.1 Å². The van der Waals surface area contributed by atoms with Crippen molar-refractivity contribution < 1.29 is 15.7 Å². The van der Waals surface area contributed by atoms with Crippen molar-refractivity contribution >= 4 is 28.1 Å². The molecule has 152 valence electrons. The first-order valence-electron chi connectivity index (χ1n) is 10.1. The summed E-state index contributed by atoms with van der Waals surface area (Å²) >= 11 is 0. The van der Waals surface area contributed by atoms with Crippen molar-refractivity contribution in [2.24, 2.45) is 5.92 Å². The third-order valence-electron chi connectivity index (χ3n) is 4.27. The minimum atomic E-state index is -2.01. The number of likely N-dealkylation sites (tertiary alicyclic amines) is 1. The van der Waals surface area contributed by atoms with Crippen LogP contribution in [0.25, 0.3) is 0 Å². The zero-order valence-electron chi connectivity index (χ0n) is 19.7. The molecule has 1 saturated heterocycles. The van der Waals surface area contributed by atoms with Gasteiger partial charge in [0.15, 0.2) is 0 Å². The summed E-state index contributed by atoms with van der Waals surface area (Å²) < 4.78 is 14.8. The Balaban J connectivity index is 3.21. The molecule has 1 fully saturated rings. The van der Waals surface area contributed by atoms with Crippen LogP contribution in [-0.4, -0.2) is 56.0 Å². The van der Waals surface area contributed by atoms with Gasteiger partial charge >= 0.3 is 6.09 Å². The molecule has 0 unspecified atom stereocenters. The molecule has 5 nitrogen and oxygen atoms in total. The van der Waals surface area contributed by atoms with E-state index >= 15 is 0 Å². The highest BCUT2D eigenvalue weighted by Gasteiger charge is 2.59. The zero-order chi connectivity index (χ0) is 21.6. The monoisotopic (exact) mass is 401 g/mol. The number of alkyl carbamates (subject to hydrolysis) is 1. The van der Waals surface area contributed by atoms with E-state index in [0.29, 0.717) is 13.0 Å². The number of nitrogens with zero attached hydrogens (tertiary/aromatic N) is 1. The number of amides is 2. The predicted octanol–water partition coefficient (Wildman–Crippen LogP) is 4.26. The zero-order valence-corrected chi connectivity index (χ0v) is 20.7. The van der Waals surface area contributed by atoms with Crippen LogP contribution < -0.4 is 5.32 Å². The highest BCUT2D eigenvalue weighted by molar-refractivity contribution is 6.96. The Labute approximate surface area is 163 Å². The lowest BCUT2D eigenvalue weighted by Crippen LogP contribution is -2.81. The molecule has 1 aliphatic rings. The van der Waals surface area contributed by atoms with Gasteiger partial charge in [0.2, 0.25) is 5.91 Å². The van der Waals surface area contributed by atoms with Crippen LogP contribution in [0.15, 0.2) is 0 Å². The fourth-order valence-electron chi connectivity index (χ4n) is 4.18. The van der Waals surface area contributed by atoms with E-state index in [0.717, 1.165) is 0 Å². The normalized spacial score (nSPS) is 22.8. The first-order chi connectivity index (χ1) is 11.8. The van der Waals surface area contributed by atoms with E-state index in [1.54, 1.807) is 4.90 Å². The number of carbonyl (C=O) groups excluding carboxylic acids is 2. The Morgan fingerprint density at radius 3 is 2.00 bits per heavy atom. The highest BCUT2D eigenvalue weighted by Crippen LogP contribution is 2.37. The second kappa shape index (κ2) is 7.30. The van der Waals surface area contributed by atoms with Crippen molar-refractivity contribution in [1.82, 2.24) is 10.2 Å². The van der Waals surface area contributed by atoms with Crippen molar-refractivity contribution in [2.45, 2.75) is 96.7 Å². The van der Waals surface area contributed by atoms with Gasteiger partial charge in [0.05, 0.1) is 22.7 Å². The topological polar surface area (TPSA) is 58.6 Å². The lowest BCUT2D eigenvalue weighted by molar-refractivity contribution is -0.154. The maximum absolute atomic E-state index is 13.4. The Morgan fingerprint density at radius 1 is 1.23 bits per heavy atom. The maximum atomic E-state index is 13.4. The second-order valence-corrected chi connectivity index (χ2v) is 21.5. The lowest BCUT2D eigenvalue weighted by atomic mass is 9.81. The van der Waals surface area contributed by atoms with Crippen molar-refractivity contribution in [3.8, 4) is 0 Å². The molecule has 0 aliphatic carbocycles. The second-order valence-electron chi connectivity index (χ2n) is 11.0. The van der Waals surface area contributed by atoms with E-state index in [-0.39, 0.29) is 11.8 Å². The molecule has 0 aromatic carbocycles. The van der Waals surface area contributed by atoms with Gasteiger partial charge in [-0.05, 0) is 33.1 Å². The van der Waals surface area contributed by atoms with Gasteiger partial charge in [-0.25, -0.2) is 4.79 Å². The van der Waals surface area contributed by atoms with Crippen molar-refractivity contribution in [3.05, 3.63) is 0 Å². The number of hydrogen-bond acceptors (Lipinski definition) is 3. The van der Waals surface area contributed by atoms with E-state index in [1.807, 2.05) is 34.6 Å². The number of ether oxygens (including phenoxy) is 1. The van der Waals surface area contributed by atoms with Gasteiger partial charge in [0, 0.05) is 6.64 Å². The average molecular weight is 402 g/mol. The molecule has 0 radical (unpaired) electrons. The summed E-state index contributed by atoms with van der Waals surface area (Å²) in [5.41, 5.74) is -1.58. The summed E-state index contributed by atoms with van der Waals surface area (Å²) in [7, 11) is -4.02. The summed E-state index contributed by atoms with van der Waals surface area (Å²) in [5, 5.41) is 2.04. The predicted molar refractivity (Wildman–Crippen MR) is 114 cm³/mol. The summed E-state index contributed by atoms with van der Waals surface area (Å²) in [4.78, 5) is 27.6. The van der Waals surface area contributed by atoms with Crippen LogP contribution in [0.5, 0.6) is 0 Å². The molecule has 1 N–H and O–H groups in total. The standard InChI is InChI=1S/C19H40N2O3Si2/c1-14(2)12-19(20-16(23)24-18(3,4)5)13-21(15(19)22)17(25(6,7)8)26(9,10)11/h14,17H,12-13H2,1-11H3,(H,20,23)/t19-/m1/s1/i17D. The largest absolute Gasteiger partial charge is 0.444 e. The third-order valence-corrected chi connectivity index (χ3v) is 12.2. The molecule has 0 aromatic rings. The molecule has 1 rings (SSSR count). The third kappa shape index (κ3) is 5.58. The summed E-state index contributed by atoms with van der Waals surface area (Å²) in [6, 6.07) is 0. The minimum Gasteiger partial charge on any atom is -0.444 e. The molecular formula is C19H40N2O3Si2. The Hall–Kier alpha value is -0.826. The quantitative estimate of drug-likeness (QED) is 0.534. The molecule has 26 heavy (non-hydrogen) atoms. The van der Waals surface area contributed by atoms with Crippen LogP contribution in [0.3, 0.4) is 0 Å². The molecule has 1 atom stereocenters. The molecule has 0 aromatic heterocycles. The van der Waals surface area contributed by atoms with Crippen LogP contribution in [0.4, 0.5) is 4.79 Å². The fourth-order valence-corrected chi connectivity index (χ4v) is 15.2.